The zero-order chi connectivity index (χ0) is 26.3. The summed E-state index contributed by atoms with van der Waals surface area (Å²) < 4.78 is 0. The van der Waals surface area contributed by atoms with Gasteiger partial charge in [-0.1, -0.05) is 98.3 Å². The van der Waals surface area contributed by atoms with Gasteiger partial charge in [-0.05, 0) is 94.4 Å². The summed E-state index contributed by atoms with van der Waals surface area (Å²) in [4.78, 5) is 13.3. The third-order valence-corrected chi connectivity index (χ3v) is 6.65. The van der Waals surface area contributed by atoms with Gasteiger partial charge in [-0.25, -0.2) is 0 Å². The predicted octanol–water partition coefficient (Wildman–Crippen LogP) is 10.0. The number of benzene rings is 2. The maximum atomic E-state index is 13.3. The first kappa shape index (κ1) is 29.1. The van der Waals surface area contributed by atoms with Gasteiger partial charge in [0.05, 0.1) is 0 Å². The van der Waals surface area contributed by atoms with Gasteiger partial charge in [0, 0.05) is 11.1 Å². The lowest BCUT2D eigenvalue weighted by atomic mass is 9.96. The summed E-state index contributed by atoms with van der Waals surface area (Å²) >= 11 is 0. The second-order valence-corrected chi connectivity index (χ2v) is 9.57. The van der Waals surface area contributed by atoms with Crippen LogP contribution in [0.25, 0.3) is 6.08 Å². The molecule has 0 saturated heterocycles. The molecule has 0 bridgehead atoms. The summed E-state index contributed by atoms with van der Waals surface area (Å²) in [5.74, 6) is 0.738. The van der Waals surface area contributed by atoms with Crippen molar-refractivity contribution in [2.75, 3.05) is 0 Å². The van der Waals surface area contributed by atoms with Crippen molar-refractivity contribution in [1.82, 2.24) is 0 Å². The molecule has 2 aromatic carbocycles. The second kappa shape index (κ2) is 15.8. The minimum Gasteiger partial charge on any atom is -0.289 e. The number of carbonyl (C=O) groups is 1. The highest BCUT2D eigenvalue weighted by atomic mass is 16.1. The van der Waals surface area contributed by atoms with Gasteiger partial charge in [-0.3, -0.25) is 4.79 Å². The Balaban J connectivity index is 0.00000222. The zero-order valence-corrected chi connectivity index (χ0v) is 23.1. The van der Waals surface area contributed by atoms with Crippen LogP contribution in [0.4, 0.5) is 0 Å². The molecule has 1 nitrogen and oxygen atoms in total. The average Bonchev–Trinajstić information content (AvgIpc) is 3.36. The highest BCUT2D eigenvalue weighted by molar-refractivity contribution is 6.11. The van der Waals surface area contributed by atoms with Crippen LogP contribution in [0.2, 0.25) is 0 Å². The lowest BCUT2D eigenvalue weighted by Gasteiger charge is -2.08. The Morgan fingerprint density at radius 3 is 2.50 bits per heavy atom. The predicted molar refractivity (Wildman–Crippen MR) is 157 cm³/mol. The summed E-state index contributed by atoms with van der Waals surface area (Å²) in [7, 11) is 0. The normalized spacial score (nSPS) is 15.0. The van der Waals surface area contributed by atoms with Crippen LogP contribution in [-0.2, 0) is 6.42 Å². The van der Waals surface area contributed by atoms with Gasteiger partial charge >= 0.3 is 0 Å². The van der Waals surface area contributed by atoms with Gasteiger partial charge in [-0.15, -0.1) is 5.73 Å². The van der Waals surface area contributed by atoms with Gasteiger partial charge in [0.25, 0.3) is 0 Å². The summed E-state index contributed by atoms with van der Waals surface area (Å²) in [5, 5.41) is 0. The molecule has 1 unspecified atom stereocenters. The van der Waals surface area contributed by atoms with E-state index in [9.17, 15) is 4.79 Å². The number of carbonyl (C=O) groups excluding carboxylic acids is 1. The van der Waals surface area contributed by atoms with Crippen molar-refractivity contribution in [3.8, 4) is 0 Å². The summed E-state index contributed by atoms with van der Waals surface area (Å²) in [5.41, 5.74) is 10.8. The second-order valence-electron chi connectivity index (χ2n) is 9.57. The molecule has 0 spiro atoms. The van der Waals surface area contributed by atoms with Crippen LogP contribution in [0.3, 0.4) is 0 Å². The maximum Gasteiger partial charge on any atom is 0.192 e. The van der Waals surface area contributed by atoms with Crippen LogP contribution < -0.4 is 0 Å². The SMILES string of the molecule is C=C=C1CCCC1CC/C=C/c1cccc(C(=O)C(/C=C\CCc2ccc(C)cc2)=C(C)C)c1.CC. The Kier molecular flexibility index (Phi) is 12.7. The molecule has 2 aromatic rings. The topological polar surface area (TPSA) is 17.1 Å². The molecule has 1 aliphatic rings. The van der Waals surface area contributed by atoms with E-state index in [2.05, 4.69) is 67.8 Å². The first-order valence-corrected chi connectivity index (χ1v) is 13.6. The number of hydrogen-bond donors (Lipinski definition) is 0. The van der Waals surface area contributed by atoms with Crippen LogP contribution in [0, 0.1) is 12.8 Å². The van der Waals surface area contributed by atoms with Crippen molar-refractivity contribution in [3.05, 3.63) is 118 Å². The third kappa shape index (κ3) is 9.14. The number of allylic oxidation sites excluding steroid dienone is 6. The largest absolute Gasteiger partial charge is 0.289 e. The van der Waals surface area contributed by atoms with Crippen LogP contribution in [0.5, 0.6) is 0 Å². The van der Waals surface area contributed by atoms with Crippen LogP contribution in [0.1, 0.15) is 93.3 Å². The monoisotopic (exact) mass is 480 g/mol. The fourth-order valence-corrected chi connectivity index (χ4v) is 4.60. The van der Waals surface area contributed by atoms with E-state index >= 15 is 0 Å². The zero-order valence-electron chi connectivity index (χ0n) is 23.1. The molecule has 0 aromatic heterocycles. The van der Waals surface area contributed by atoms with Gasteiger partial charge in [-0.2, -0.15) is 0 Å². The van der Waals surface area contributed by atoms with Crippen molar-refractivity contribution in [1.29, 1.82) is 0 Å². The lowest BCUT2D eigenvalue weighted by Crippen LogP contribution is -2.03. The minimum absolute atomic E-state index is 0.0913. The molecule has 0 heterocycles. The molecular formula is C35H44O. The lowest BCUT2D eigenvalue weighted by molar-refractivity contribution is 0.103. The number of ketones is 1. The summed E-state index contributed by atoms with van der Waals surface area (Å²) in [6.07, 6.45) is 16.3. The molecular weight excluding hydrogens is 436 g/mol. The van der Waals surface area contributed by atoms with Gasteiger partial charge in [0.2, 0.25) is 0 Å². The van der Waals surface area contributed by atoms with E-state index in [1.807, 2.05) is 52.0 Å². The maximum absolute atomic E-state index is 13.3. The Morgan fingerprint density at radius 1 is 1.06 bits per heavy atom. The van der Waals surface area contributed by atoms with Crippen molar-refractivity contribution < 1.29 is 4.79 Å². The Labute approximate surface area is 220 Å². The molecule has 0 radical (unpaired) electrons. The number of Topliss-reactive ketones (excluding diaryl/α,β-unsaturated/α-hetero) is 1. The number of aryl methyl sites for hydroxylation is 2. The molecule has 1 saturated carbocycles. The van der Waals surface area contributed by atoms with Crippen molar-refractivity contribution in [3.63, 3.8) is 0 Å². The van der Waals surface area contributed by atoms with Crippen molar-refractivity contribution in [2.45, 2.75) is 79.6 Å². The molecule has 0 aliphatic heterocycles. The van der Waals surface area contributed by atoms with E-state index in [1.54, 1.807) is 0 Å². The fourth-order valence-electron chi connectivity index (χ4n) is 4.60. The molecule has 3 rings (SSSR count). The van der Waals surface area contributed by atoms with Crippen molar-refractivity contribution >= 4 is 11.9 Å². The number of rotatable bonds is 10. The Morgan fingerprint density at radius 2 is 1.81 bits per heavy atom. The summed E-state index contributed by atoms with van der Waals surface area (Å²) in [6, 6.07) is 16.6. The van der Waals surface area contributed by atoms with Crippen molar-refractivity contribution in [2.24, 2.45) is 5.92 Å². The molecule has 1 atom stereocenters. The Hall–Kier alpha value is -3.15. The smallest absolute Gasteiger partial charge is 0.192 e. The van der Waals surface area contributed by atoms with Gasteiger partial charge in [0.15, 0.2) is 5.78 Å². The van der Waals surface area contributed by atoms with E-state index in [0.717, 1.165) is 54.4 Å². The quantitative estimate of drug-likeness (QED) is 0.143. The van der Waals surface area contributed by atoms with E-state index < -0.39 is 0 Å². The molecule has 1 aliphatic carbocycles. The van der Waals surface area contributed by atoms with E-state index in [0.29, 0.717) is 5.92 Å². The summed E-state index contributed by atoms with van der Waals surface area (Å²) in [6.45, 7) is 14.0. The first-order chi connectivity index (χ1) is 17.5. The van der Waals surface area contributed by atoms with Gasteiger partial charge in [0.1, 0.15) is 0 Å². The third-order valence-electron chi connectivity index (χ3n) is 6.65. The minimum atomic E-state index is 0.0913. The van der Waals surface area contributed by atoms with E-state index in [-0.39, 0.29) is 5.78 Å². The highest BCUT2D eigenvalue weighted by Crippen LogP contribution is 2.33. The highest BCUT2D eigenvalue weighted by Gasteiger charge is 2.19. The number of hydrogen-bond acceptors (Lipinski definition) is 1. The van der Waals surface area contributed by atoms with Crippen LogP contribution in [0.15, 0.2) is 95.8 Å². The fraction of sp³-hybridized carbons (Fsp3) is 0.371. The average molecular weight is 481 g/mol. The molecule has 0 N–H and O–H groups in total. The molecule has 36 heavy (non-hydrogen) atoms. The van der Waals surface area contributed by atoms with Crippen LogP contribution >= 0.6 is 0 Å². The molecule has 190 valence electrons. The van der Waals surface area contributed by atoms with Crippen LogP contribution in [-0.4, -0.2) is 5.78 Å². The first-order valence-electron chi connectivity index (χ1n) is 13.6. The standard InChI is InChI=1S/C33H38O.C2H6/c1-5-29-16-11-17-30(29)15-8-6-13-28-14-10-18-31(24-28)33(34)32(25(2)3)19-9-7-12-27-22-20-26(4)21-23-27;1-2/h6,9-10,13-14,18-24,30H,1,7-8,11-12,15-17H2,2-4H3;1-2H3/b13-6+,19-9-;. The molecule has 0 amide bonds. The van der Waals surface area contributed by atoms with Gasteiger partial charge < -0.3 is 0 Å². The van der Waals surface area contributed by atoms with E-state index in [1.165, 1.54) is 29.5 Å². The Bertz CT molecular complexity index is 1110. The molecule has 1 fully saturated rings. The van der Waals surface area contributed by atoms with E-state index in [4.69, 9.17) is 0 Å². The molecule has 1 heteroatoms.